The zero-order chi connectivity index (χ0) is 23.6. The zero-order valence-corrected chi connectivity index (χ0v) is 20.3. The minimum absolute atomic E-state index is 0.131. The molecule has 174 valence electrons. The molecule has 10 nitrogen and oxygen atoms in total. The van der Waals surface area contributed by atoms with E-state index in [0.29, 0.717) is 33.4 Å². The molecule has 0 aliphatic carbocycles. The lowest BCUT2D eigenvalue weighted by molar-refractivity contribution is 0.0560. The van der Waals surface area contributed by atoms with Crippen molar-refractivity contribution in [1.82, 2.24) is 25.3 Å². The van der Waals surface area contributed by atoms with Crippen LogP contribution < -0.4 is 15.5 Å². The lowest BCUT2D eigenvalue weighted by atomic mass is 10.0. The molecular formula is C22H26BrN7O3. The van der Waals surface area contributed by atoms with Gasteiger partial charge >= 0.3 is 6.09 Å². The van der Waals surface area contributed by atoms with Crippen molar-refractivity contribution in [2.45, 2.75) is 45.3 Å². The zero-order valence-electron chi connectivity index (χ0n) is 18.7. The van der Waals surface area contributed by atoms with Gasteiger partial charge in [-0.05, 0) is 56.1 Å². The van der Waals surface area contributed by atoms with Crippen molar-refractivity contribution in [3.8, 4) is 0 Å². The maximum atomic E-state index is 13.5. The third-order valence-corrected chi connectivity index (χ3v) is 5.72. The molecule has 33 heavy (non-hydrogen) atoms. The number of piperidine rings is 1. The van der Waals surface area contributed by atoms with Gasteiger partial charge in [-0.1, -0.05) is 0 Å². The summed E-state index contributed by atoms with van der Waals surface area (Å²) in [5, 5.41) is 6.82. The summed E-state index contributed by atoms with van der Waals surface area (Å²) >= 11 is 3.58. The first-order valence-electron chi connectivity index (χ1n) is 10.7. The molecule has 3 aromatic heterocycles. The molecule has 0 radical (unpaired) electrons. The van der Waals surface area contributed by atoms with E-state index in [1.807, 2.05) is 20.8 Å². The number of nitrogens with zero attached hydrogens (tertiary/aromatic N) is 4. The topological polar surface area (TPSA) is 125 Å². The van der Waals surface area contributed by atoms with Gasteiger partial charge in [-0.3, -0.25) is 14.7 Å². The lowest BCUT2D eigenvalue weighted by Gasteiger charge is -2.36. The number of hydrogen-bond donors (Lipinski definition) is 3. The highest BCUT2D eigenvalue weighted by atomic mass is 79.9. The summed E-state index contributed by atoms with van der Waals surface area (Å²) in [7, 11) is 0. The monoisotopic (exact) mass is 515 g/mol. The highest BCUT2D eigenvalue weighted by Crippen LogP contribution is 2.40. The first-order valence-corrected chi connectivity index (χ1v) is 11.5. The predicted octanol–water partition coefficient (Wildman–Crippen LogP) is 3.86. The van der Waals surface area contributed by atoms with Gasteiger partial charge in [0.25, 0.3) is 5.91 Å². The summed E-state index contributed by atoms with van der Waals surface area (Å²) in [6.45, 7) is 7.03. The molecule has 1 atom stereocenters. The molecule has 0 bridgehead atoms. The molecule has 2 amide bonds. The van der Waals surface area contributed by atoms with Crippen LogP contribution in [0.1, 0.15) is 44.1 Å². The second-order valence-corrected chi connectivity index (χ2v) is 9.63. The third kappa shape index (κ3) is 5.14. The third-order valence-electron chi connectivity index (χ3n) is 5.14. The van der Waals surface area contributed by atoms with Crippen molar-refractivity contribution in [3.05, 3.63) is 41.2 Å². The van der Waals surface area contributed by atoms with Crippen LogP contribution >= 0.6 is 15.9 Å². The Labute approximate surface area is 199 Å². The molecule has 0 unspecified atom stereocenters. The van der Waals surface area contributed by atoms with Gasteiger partial charge in [-0.25, -0.2) is 14.8 Å². The molecule has 3 N–H and O–H groups in total. The van der Waals surface area contributed by atoms with Gasteiger partial charge in [0.05, 0.1) is 33.5 Å². The normalized spacial score (nSPS) is 16.4. The Morgan fingerprint density at radius 1 is 1.24 bits per heavy atom. The smallest absolute Gasteiger partial charge is 0.415 e. The van der Waals surface area contributed by atoms with Gasteiger partial charge in [0.15, 0.2) is 0 Å². The fraction of sp³-hybridized carbons (Fsp3) is 0.409. The number of anilines is 2. The van der Waals surface area contributed by atoms with E-state index in [1.54, 1.807) is 17.3 Å². The number of fused-ring (bicyclic) bond motifs is 1. The average molecular weight is 516 g/mol. The van der Waals surface area contributed by atoms with Crippen LogP contribution in [0.5, 0.6) is 0 Å². The Hall–Kier alpha value is -3.05. The van der Waals surface area contributed by atoms with Crippen molar-refractivity contribution < 1.29 is 14.3 Å². The number of aromatic nitrogens is 4. The molecular weight excluding hydrogens is 490 g/mol. The number of amides is 2. The lowest BCUT2D eigenvalue weighted by Crippen LogP contribution is -2.50. The van der Waals surface area contributed by atoms with E-state index in [1.165, 1.54) is 18.6 Å². The molecule has 3 aromatic rings. The molecule has 1 aliphatic rings. The van der Waals surface area contributed by atoms with Crippen LogP contribution in [0, 0.1) is 0 Å². The van der Waals surface area contributed by atoms with E-state index < -0.39 is 17.6 Å². The second kappa shape index (κ2) is 9.44. The summed E-state index contributed by atoms with van der Waals surface area (Å²) in [6, 6.07) is -0.131. The summed E-state index contributed by atoms with van der Waals surface area (Å²) in [4.78, 5) is 43.4. The molecule has 11 heteroatoms. The maximum Gasteiger partial charge on any atom is 0.415 e. The average Bonchev–Trinajstić information content (AvgIpc) is 3.18. The molecule has 1 fully saturated rings. The van der Waals surface area contributed by atoms with E-state index in [2.05, 4.69) is 46.5 Å². The Morgan fingerprint density at radius 3 is 2.73 bits per heavy atom. The summed E-state index contributed by atoms with van der Waals surface area (Å²) < 4.78 is 6.39. The number of carbonyl (C=O) groups is 2. The Bertz CT molecular complexity index is 1150. The van der Waals surface area contributed by atoms with Crippen molar-refractivity contribution in [2.24, 2.45) is 0 Å². The standard InChI is InChI=1S/C22H26BrN7O3/c1-22(2,3)33-21(32)30(13-5-4-6-24-9-13)18-14(23)10-27-19-17(18)15(12-28-19)29-20(31)16-11-25-7-8-26-16/h7-8,10-13,24H,4-6,9H2,1-3H3,(H,27,28)(H,29,31)/t13-/m1/s1. The summed E-state index contributed by atoms with van der Waals surface area (Å²) in [6.07, 6.45) is 8.90. The van der Waals surface area contributed by atoms with Crippen LogP contribution in [0.3, 0.4) is 0 Å². The van der Waals surface area contributed by atoms with Gasteiger partial charge < -0.3 is 20.4 Å². The Morgan fingerprint density at radius 2 is 2.06 bits per heavy atom. The summed E-state index contributed by atoms with van der Waals surface area (Å²) in [5.74, 6) is -0.418. The minimum atomic E-state index is -0.669. The van der Waals surface area contributed by atoms with Crippen LogP contribution in [0.2, 0.25) is 0 Å². The van der Waals surface area contributed by atoms with Gasteiger partial charge in [0.1, 0.15) is 16.9 Å². The number of rotatable bonds is 4. The van der Waals surface area contributed by atoms with Crippen molar-refractivity contribution in [1.29, 1.82) is 0 Å². The fourth-order valence-corrected chi connectivity index (χ4v) is 4.27. The number of H-pyrrole nitrogens is 1. The Balaban J connectivity index is 1.80. The fourth-order valence-electron chi connectivity index (χ4n) is 3.78. The van der Waals surface area contributed by atoms with Gasteiger partial charge in [-0.15, -0.1) is 0 Å². The number of halogens is 1. The number of nitrogens with one attached hydrogen (secondary N) is 3. The van der Waals surface area contributed by atoms with Crippen LogP contribution in [0.4, 0.5) is 16.2 Å². The molecule has 4 rings (SSSR count). The van der Waals surface area contributed by atoms with E-state index >= 15 is 0 Å². The number of ether oxygens (including phenoxy) is 1. The van der Waals surface area contributed by atoms with Crippen molar-refractivity contribution >= 4 is 50.3 Å². The van der Waals surface area contributed by atoms with E-state index in [-0.39, 0.29) is 11.7 Å². The number of hydrogen-bond acceptors (Lipinski definition) is 7. The van der Waals surface area contributed by atoms with Gasteiger partial charge in [0.2, 0.25) is 0 Å². The van der Waals surface area contributed by atoms with E-state index in [4.69, 9.17) is 4.74 Å². The van der Waals surface area contributed by atoms with Crippen molar-refractivity contribution in [3.63, 3.8) is 0 Å². The van der Waals surface area contributed by atoms with Gasteiger partial charge in [0, 0.05) is 31.3 Å². The number of carbonyl (C=O) groups excluding carboxylic acids is 2. The summed E-state index contributed by atoms with van der Waals surface area (Å²) in [5.41, 5.74) is 1.09. The number of pyridine rings is 1. The van der Waals surface area contributed by atoms with Gasteiger partial charge in [-0.2, -0.15) is 0 Å². The quantitative estimate of drug-likeness (QED) is 0.481. The van der Waals surface area contributed by atoms with Crippen molar-refractivity contribution in [2.75, 3.05) is 23.3 Å². The molecule has 0 aromatic carbocycles. The van der Waals surface area contributed by atoms with E-state index in [9.17, 15) is 9.59 Å². The van der Waals surface area contributed by atoms with Crippen LogP contribution in [0.25, 0.3) is 11.0 Å². The SMILES string of the molecule is CC(C)(C)OC(=O)N(c1c(Br)cnc2[nH]cc(NC(=O)c3cnccn3)c12)[C@@H]1CCCNC1. The predicted molar refractivity (Wildman–Crippen MR) is 128 cm³/mol. The molecule has 0 spiro atoms. The highest BCUT2D eigenvalue weighted by molar-refractivity contribution is 9.10. The first-order chi connectivity index (χ1) is 15.7. The largest absolute Gasteiger partial charge is 0.443 e. The highest BCUT2D eigenvalue weighted by Gasteiger charge is 2.34. The molecule has 4 heterocycles. The Kier molecular flexibility index (Phi) is 6.61. The van der Waals surface area contributed by atoms with Crippen LogP contribution in [-0.2, 0) is 4.74 Å². The maximum absolute atomic E-state index is 13.5. The molecule has 1 saturated heterocycles. The van der Waals surface area contributed by atoms with Crippen LogP contribution in [-0.4, -0.2) is 56.7 Å². The minimum Gasteiger partial charge on any atom is -0.443 e. The molecule has 1 aliphatic heterocycles. The van der Waals surface area contributed by atoms with Crippen LogP contribution in [0.15, 0.2) is 35.5 Å². The second-order valence-electron chi connectivity index (χ2n) is 8.78. The molecule has 0 saturated carbocycles. The number of aromatic amines is 1. The first kappa shape index (κ1) is 23.1. The van der Waals surface area contributed by atoms with E-state index in [0.717, 1.165) is 19.4 Å².